The number of imidazole rings is 2. The van der Waals surface area contributed by atoms with Gasteiger partial charge in [0.05, 0.1) is 0 Å². The Kier molecular flexibility index (Phi) is 4.52. The van der Waals surface area contributed by atoms with Gasteiger partial charge in [-0.25, -0.2) is 0 Å². The SMILES string of the molecule is COc1ccc2c(c1C)n(-c1ccc3c([n+]1C)C(C)(C)c1ccccc1-3)c1nc3[c]([BiH2])cccc3n21. The third-order valence-electron chi connectivity index (χ3n) is 7.99. The Hall–Kier alpha value is -3.24. The van der Waals surface area contributed by atoms with Gasteiger partial charge in [-0.3, -0.25) is 0 Å². The van der Waals surface area contributed by atoms with Crippen molar-refractivity contribution in [2.45, 2.75) is 26.2 Å². The summed E-state index contributed by atoms with van der Waals surface area (Å²) in [5, 5.41) is 0. The van der Waals surface area contributed by atoms with E-state index in [9.17, 15) is 0 Å². The molecule has 0 amide bonds. The van der Waals surface area contributed by atoms with E-state index < -0.39 is 0 Å². The first-order chi connectivity index (χ1) is 17.3. The number of benzene rings is 3. The van der Waals surface area contributed by atoms with Crippen LogP contribution in [-0.2, 0) is 12.5 Å². The Bertz CT molecular complexity index is 1890. The molecule has 1 aliphatic rings. The number of aryl methyl sites for hydroxylation is 1. The second-order valence-corrected chi connectivity index (χ2v) is 12.7. The Morgan fingerprint density at radius 2 is 1.72 bits per heavy atom. The molecule has 36 heavy (non-hydrogen) atoms. The Morgan fingerprint density at radius 1 is 0.917 bits per heavy atom. The minimum atomic E-state index is -0.105. The normalized spacial score (nSPS) is 14.1. The second-order valence-electron chi connectivity index (χ2n) is 10.2. The van der Waals surface area contributed by atoms with Crippen molar-refractivity contribution in [3.63, 3.8) is 0 Å². The summed E-state index contributed by atoms with van der Waals surface area (Å²) < 4.78 is 14.1. The second kappa shape index (κ2) is 7.39. The summed E-state index contributed by atoms with van der Waals surface area (Å²) in [6.07, 6.45) is 0. The first kappa shape index (κ1) is 22.0. The Morgan fingerprint density at radius 3 is 2.53 bits per heavy atom. The average molecular weight is 670 g/mol. The number of methoxy groups -OCH3 is 1. The molecule has 3 aromatic carbocycles. The number of aromatic nitrogens is 4. The van der Waals surface area contributed by atoms with E-state index in [2.05, 4.69) is 108 Å². The molecule has 6 aromatic rings. The number of para-hydroxylation sites is 1. The summed E-state index contributed by atoms with van der Waals surface area (Å²) in [5.41, 5.74) is 10.9. The fourth-order valence-electron chi connectivity index (χ4n) is 6.40. The molecule has 0 aliphatic heterocycles. The Labute approximate surface area is 224 Å². The van der Waals surface area contributed by atoms with Crippen LogP contribution in [0.3, 0.4) is 0 Å². The molecule has 3 heterocycles. The van der Waals surface area contributed by atoms with Crippen LogP contribution in [-0.4, -0.2) is 45.8 Å². The van der Waals surface area contributed by atoms with E-state index in [1.165, 1.54) is 25.7 Å². The quantitative estimate of drug-likeness (QED) is 0.206. The van der Waals surface area contributed by atoms with Gasteiger partial charge >= 0.3 is 226 Å². The van der Waals surface area contributed by atoms with Gasteiger partial charge in [0.25, 0.3) is 0 Å². The van der Waals surface area contributed by atoms with E-state index >= 15 is 0 Å². The van der Waals surface area contributed by atoms with Crippen LogP contribution in [0.15, 0.2) is 66.7 Å². The number of ether oxygens (including phenoxy) is 1. The molecule has 0 radical (unpaired) electrons. The monoisotopic (exact) mass is 669 g/mol. The number of fused-ring (bicyclic) bond motifs is 8. The van der Waals surface area contributed by atoms with E-state index in [1.54, 1.807) is 7.11 Å². The molecule has 6 heteroatoms. The molecule has 3 aromatic heterocycles. The number of rotatable bonds is 2. The zero-order valence-corrected chi connectivity index (χ0v) is 25.6. The van der Waals surface area contributed by atoms with Crippen LogP contribution in [0.2, 0.25) is 0 Å². The van der Waals surface area contributed by atoms with Crippen molar-refractivity contribution in [2.75, 3.05) is 7.11 Å². The number of nitrogens with zero attached hydrogens (tertiary/aromatic N) is 4. The summed E-state index contributed by atoms with van der Waals surface area (Å²) in [6, 6.07) is 24.1. The summed E-state index contributed by atoms with van der Waals surface area (Å²) in [5.74, 6) is 2.92. The standard InChI is InChI=1S/C30H26N4O.Bi.2H/c1-18-25(35-5)16-15-24-27(18)34(29-31-22-12-8-9-13-23(22)33(24)29)26-17-14-20-19-10-6-7-11-21(19)30(2,3)28(20)32(26)4;;;/h6-11,13-17H,1-5H3;;;/q+1;;;. The van der Waals surface area contributed by atoms with Crippen LogP contribution < -0.4 is 12.6 Å². The minimum absolute atomic E-state index is 0.105. The molecular weight excluding hydrogens is 641 g/mol. The van der Waals surface area contributed by atoms with E-state index in [1.807, 2.05) is 0 Å². The molecule has 0 N–H and O–H groups in total. The van der Waals surface area contributed by atoms with E-state index in [4.69, 9.17) is 9.72 Å². The first-order valence-corrected chi connectivity index (χ1v) is 14.5. The zero-order valence-electron chi connectivity index (χ0n) is 21.1. The first-order valence-electron chi connectivity index (χ1n) is 12.2. The molecule has 0 atom stereocenters. The van der Waals surface area contributed by atoms with Gasteiger partial charge in [0.15, 0.2) is 0 Å². The van der Waals surface area contributed by atoms with Crippen molar-refractivity contribution in [3.8, 4) is 22.7 Å². The maximum atomic E-state index is 5.76. The van der Waals surface area contributed by atoms with Crippen LogP contribution in [0.1, 0.15) is 30.7 Å². The average Bonchev–Trinajstić information content (AvgIpc) is 3.47. The predicted octanol–water partition coefficient (Wildman–Crippen LogP) is 4.14. The van der Waals surface area contributed by atoms with Crippen molar-refractivity contribution < 1.29 is 9.30 Å². The zero-order chi connectivity index (χ0) is 24.9. The van der Waals surface area contributed by atoms with Gasteiger partial charge in [0, 0.05) is 0 Å². The molecule has 5 nitrogen and oxygen atoms in total. The summed E-state index contributed by atoms with van der Waals surface area (Å²) in [7, 11) is 3.94. The topological polar surface area (TPSA) is 35.3 Å². The Balaban J connectivity index is 1.65. The summed E-state index contributed by atoms with van der Waals surface area (Å²) >= 11 is 0.718. The van der Waals surface area contributed by atoms with Gasteiger partial charge in [-0.05, 0) is 0 Å². The number of hydrogen-bond donors (Lipinski definition) is 0. The molecule has 7 rings (SSSR count). The van der Waals surface area contributed by atoms with Gasteiger partial charge in [-0.2, -0.15) is 0 Å². The molecule has 0 spiro atoms. The van der Waals surface area contributed by atoms with Gasteiger partial charge in [0.1, 0.15) is 0 Å². The number of hydrogen-bond acceptors (Lipinski definition) is 2. The molecule has 0 saturated heterocycles. The summed E-state index contributed by atoms with van der Waals surface area (Å²) in [4.78, 5) is 5.25. The van der Waals surface area contributed by atoms with Gasteiger partial charge in [-0.15, -0.1) is 0 Å². The van der Waals surface area contributed by atoms with Gasteiger partial charge in [-0.1, -0.05) is 0 Å². The van der Waals surface area contributed by atoms with Crippen molar-refractivity contribution in [1.29, 1.82) is 0 Å². The van der Waals surface area contributed by atoms with Crippen molar-refractivity contribution in [1.82, 2.24) is 14.0 Å². The van der Waals surface area contributed by atoms with E-state index in [0.29, 0.717) is 0 Å². The molecule has 0 fully saturated rings. The van der Waals surface area contributed by atoms with Crippen LogP contribution in [0.4, 0.5) is 0 Å². The van der Waals surface area contributed by atoms with Crippen LogP contribution in [0, 0.1) is 6.92 Å². The molecule has 0 unspecified atom stereocenters. The molecule has 0 bridgehead atoms. The molecular formula is C30H28BiN4O+. The number of pyridine rings is 1. The van der Waals surface area contributed by atoms with Crippen LogP contribution >= 0.6 is 0 Å². The van der Waals surface area contributed by atoms with Gasteiger partial charge in [0.2, 0.25) is 0 Å². The third kappa shape index (κ3) is 2.63. The fraction of sp³-hybridized carbons (Fsp3) is 0.200. The molecule has 178 valence electrons. The van der Waals surface area contributed by atoms with Gasteiger partial charge < -0.3 is 0 Å². The molecule has 1 aliphatic carbocycles. The third-order valence-corrected chi connectivity index (χ3v) is 9.80. The predicted molar refractivity (Wildman–Crippen MR) is 148 cm³/mol. The van der Waals surface area contributed by atoms with Crippen LogP contribution in [0.5, 0.6) is 5.75 Å². The van der Waals surface area contributed by atoms with E-state index in [0.717, 1.165) is 69.7 Å². The maximum absolute atomic E-state index is 5.76. The van der Waals surface area contributed by atoms with Crippen molar-refractivity contribution >= 4 is 55.8 Å². The van der Waals surface area contributed by atoms with E-state index in [-0.39, 0.29) is 5.41 Å². The molecule has 0 saturated carbocycles. The summed E-state index contributed by atoms with van der Waals surface area (Å²) in [6.45, 7) is 6.81. The van der Waals surface area contributed by atoms with Crippen molar-refractivity contribution in [3.05, 3.63) is 83.6 Å². The van der Waals surface area contributed by atoms with Crippen LogP contribution in [0.25, 0.3) is 44.8 Å². The van der Waals surface area contributed by atoms with Crippen molar-refractivity contribution in [2.24, 2.45) is 7.05 Å². The fourth-order valence-corrected chi connectivity index (χ4v) is 7.65.